The van der Waals surface area contributed by atoms with E-state index in [1.54, 1.807) is 9.08 Å². The molecule has 12 nitrogen and oxygen atoms in total. The highest BCUT2D eigenvalue weighted by Gasteiger charge is 2.22. The highest BCUT2D eigenvalue weighted by atomic mass is 16.5. The van der Waals surface area contributed by atoms with Gasteiger partial charge in [0.15, 0.2) is 5.82 Å². The van der Waals surface area contributed by atoms with Crippen LogP contribution < -0.4 is 10.9 Å². The second kappa shape index (κ2) is 10.9. The molecular weight excluding hydrogens is 532 g/mol. The van der Waals surface area contributed by atoms with E-state index in [1.807, 2.05) is 79.6 Å². The number of morpholine rings is 1. The Labute approximate surface area is 241 Å². The standard InChI is InChI=1S/C30H32N10O2/c1-20-8-11-39-26(20)30(41)40(22-6-4-3-5-7-22)29(36-39)21(2)34-28-25-23(18-31-27(25)32-19-33-28)24-9-10-38(35-24)13-12-37-14-16-42-17-15-37/h3-11,18-19,21H,12-17H2,1-2H3,(H2,31,32,33,34). The molecule has 0 aliphatic carbocycles. The summed E-state index contributed by atoms with van der Waals surface area (Å²) in [6.45, 7) is 9.08. The van der Waals surface area contributed by atoms with Gasteiger partial charge in [-0.1, -0.05) is 18.2 Å². The predicted octanol–water partition coefficient (Wildman–Crippen LogP) is 3.43. The number of fused-ring (bicyclic) bond motifs is 2. The van der Waals surface area contributed by atoms with Crippen LogP contribution in [0, 0.1) is 6.92 Å². The summed E-state index contributed by atoms with van der Waals surface area (Å²) in [6.07, 6.45) is 7.26. The van der Waals surface area contributed by atoms with Crippen LogP contribution in [0.25, 0.3) is 33.5 Å². The Kier molecular flexibility index (Phi) is 6.76. The molecule has 0 bridgehead atoms. The number of aromatic nitrogens is 8. The van der Waals surface area contributed by atoms with Gasteiger partial charge in [0.05, 0.1) is 42.6 Å². The molecule has 1 aliphatic rings. The van der Waals surface area contributed by atoms with Gasteiger partial charge >= 0.3 is 0 Å². The van der Waals surface area contributed by atoms with Crippen LogP contribution in [0.2, 0.25) is 0 Å². The summed E-state index contributed by atoms with van der Waals surface area (Å²) in [6, 6.07) is 13.1. The number of H-pyrrole nitrogens is 1. The van der Waals surface area contributed by atoms with E-state index >= 15 is 0 Å². The normalized spacial score (nSPS) is 15.0. The fourth-order valence-electron chi connectivity index (χ4n) is 5.58. The lowest BCUT2D eigenvalue weighted by atomic mass is 10.1. The maximum Gasteiger partial charge on any atom is 0.282 e. The number of ether oxygens (including phenoxy) is 1. The molecule has 214 valence electrons. The fourth-order valence-corrected chi connectivity index (χ4v) is 5.58. The van der Waals surface area contributed by atoms with Gasteiger partial charge in [0.2, 0.25) is 0 Å². The van der Waals surface area contributed by atoms with Crippen LogP contribution in [0.15, 0.2) is 72.2 Å². The number of nitrogens with zero attached hydrogens (tertiary/aromatic N) is 8. The molecule has 1 saturated heterocycles. The van der Waals surface area contributed by atoms with Crippen LogP contribution in [0.1, 0.15) is 24.4 Å². The molecule has 6 aromatic rings. The van der Waals surface area contributed by atoms with Crippen molar-refractivity contribution >= 4 is 22.4 Å². The highest BCUT2D eigenvalue weighted by Crippen LogP contribution is 2.32. The Morgan fingerprint density at radius 3 is 2.69 bits per heavy atom. The van der Waals surface area contributed by atoms with Crippen LogP contribution in [-0.4, -0.2) is 76.7 Å². The number of hydrogen-bond acceptors (Lipinski definition) is 8. The smallest absolute Gasteiger partial charge is 0.282 e. The van der Waals surface area contributed by atoms with E-state index in [0.717, 1.165) is 67.3 Å². The minimum Gasteiger partial charge on any atom is -0.379 e. The number of hydrogen-bond donors (Lipinski definition) is 2. The summed E-state index contributed by atoms with van der Waals surface area (Å²) in [5.74, 6) is 1.19. The van der Waals surface area contributed by atoms with Gasteiger partial charge in [-0.3, -0.25) is 18.9 Å². The lowest BCUT2D eigenvalue weighted by molar-refractivity contribution is 0.0360. The third-order valence-electron chi connectivity index (χ3n) is 7.80. The van der Waals surface area contributed by atoms with Crippen LogP contribution in [0.5, 0.6) is 0 Å². The minimum absolute atomic E-state index is 0.125. The van der Waals surface area contributed by atoms with Crippen molar-refractivity contribution in [3.63, 3.8) is 0 Å². The summed E-state index contributed by atoms with van der Waals surface area (Å²) in [5.41, 5.74) is 4.48. The predicted molar refractivity (Wildman–Crippen MR) is 160 cm³/mol. The van der Waals surface area contributed by atoms with Gasteiger partial charge in [-0.2, -0.15) is 10.2 Å². The van der Waals surface area contributed by atoms with Gasteiger partial charge in [-0.05, 0) is 43.7 Å². The van der Waals surface area contributed by atoms with E-state index in [4.69, 9.17) is 14.9 Å². The van der Waals surface area contributed by atoms with Crippen LogP contribution in [0.3, 0.4) is 0 Å². The molecular formula is C30H32N10O2. The van der Waals surface area contributed by atoms with Gasteiger partial charge in [0, 0.05) is 43.8 Å². The molecule has 12 heteroatoms. The molecule has 2 N–H and O–H groups in total. The Balaban J connectivity index is 1.23. The Hall–Kier alpha value is -4.81. The number of aromatic amines is 1. The number of benzene rings is 1. The molecule has 0 spiro atoms. The molecule has 0 radical (unpaired) electrons. The molecule has 0 saturated carbocycles. The first kappa shape index (κ1) is 26.1. The Bertz CT molecular complexity index is 1910. The zero-order chi connectivity index (χ0) is 28.6. The van der Waals surface area contributed by atoms with E-state index < -0.39 is 0 Å². The van der Waals surface area contributed by atoms with Gasteiger partial charge in [-0.25, -0.2) is 14.5 Å². The minimum atomic E-state index is -0.378. The van der Waals surface area contributed by atoms with E-state index in [-0.39, 0.29) is 11.6 Å². The fraction of sp³-hybridized carbons (Fsp3) is 0.300. The zero-order valence-electron chi connectivity index (χ0n) is 23.6. The van der Waals surface area contributed by atoms with Gasteiger partial charge in [0.25, 0.3) is 5.56 Å². The van der Waals surface area contributed by atoms with Crippen molar-refractivity contribution < 1.29 is 4.74 Å². The first-order valence-electron chi connectivity index (χ1n) is 14.2. The summed E-state index contributed by atoms with van der Waals surface area (Å²) in [4.78, 5) is 28.5. The Morgan fingerprint density at radius 2 is 1.86 bits per heavy atom. The second-order valence-corrected chi connectivity index (χ2v) is 10.6. The second-order valence-electron chi connectivity index (χ2n) is 10.6. The van der Waals surface area contributed by atoms with Crippen molar-refractivity contribution in [2.24, 2.45) is 0 Å². The summed E-state index contributed by atoms with van der Waals surface area (Å²) in [5, 5.41) is 14.1. The monoisotopic (exact) mass is 564 g/mol. The summed E-state index contributed by atoms with van der Waals surface area (Å²) in [7, 11) is 0. The van der Waals surface area contributed by atoms with Crippen LogP contribution in [0.4, 0.5) is 5.82 Å². The highest BCUT2D eigenvalue weighted by molar-refractivity contribution is 6.00. The lowest BCUT2D eigenvalue weighted by Gasteiger charge is -2.26. The number of rotatable bonds is 8. The molecule has 0 amide bonds. The summed E-state index contributed by atoms with van der Waals surface area (Å²) >= 11 is 0. The molecule has 1 fully saturated rings. The molecule has 1 unspecified atom stereocenters. The first-order chi connectivity index (χ1) is 20.6. The van der Waals surface area contributed by atoms with Crippen LogP contribution in [-0.2, 0) is 11.3 Å². The molecule has 1 aliphatic heterocycles. The van der Waals surface area contributed by atoms with Crippen molar-refractivity contribution in [3.05, 3.63) is 89.1 Å². The number of para-hydroxylation sites is 1. The quantitative estimate of drug-likeness (QED) is 0.288. The van der Waals surface area contributed by atoms with Crippen molar-refractivity contribution in [1.82, 2.24) is 43.8 Å². The van der Waals surface area contributed by atoms with Crippen molar-refractivity contribution in [3.8, 4) is 16.9 Å². The molecule has 42 heavy (non-hydrogen) atoms. The lowest BCUT2D eigenvalue weighted by Crippen LogP contribution is -2.38. The first-order valence-corrected chi connectivity index (χ1v) is 14.2. The van der Waals surface area contributed by atoms with E-state index in [9.17, 15) is 4.79 Å². The average Bonchev–Trinajstić information content (AvgIpc) is 3.76. The number of anilines is 1. The van der Waals surface area contributed by atoms with E-state index in [1.165, 1.54) is 6.33 Å². The third kappa shape index (κ3) is 4.74. The average molecular weight is 565 g/mol. The van der Waals surface area contributed by atoms with Gasteiger partial charge in [0.1, 0.15) is 23.3 Å². The number of nitrogens with one attached hydrogen (secondary N) is 2. The number of aryl methyl sites for hydroxylation is 1. The molecule has 1 atom stereocenters. The van der Waals surface area contributed by atoms with Crippen molar-refractivity contribution in [2.45, 2.75) is 26.4 Å². The third-order valence-corrected chi connectivity index (χ3v) is 7.80. The Morgan fingerprint density at radius 1 is 1.02 bits per heavy atom. The van der Waals surface area contributed by atoms with Crippen molar-refractivity contribution in [1.29, 1.82) is 0 Å². The van der Waals surface area contributed by atoms with Crippen LogP contribution >= 0.6 is 0 Å². The molecule has 5 aromatic heterocycles. The van der Waals surface area contributed by atoms with Gasteiger partial charge in [-0.15, -0.1) is 0 Å². The molecule has 6 heterocycles. The topological polar surface area (TPSA) is 123 Å². The van der Waals surface area contributed by atoms with Gasteiger partial charge < -0.3 is 15.0 Å². The SMILES string of the molecule is Cc1ccn2nc(C(C)Nc3ncnc4[nH]cc(-c5ccn(CCN6CCOCC6)n5)c34)n(-c3ccccc3)c(=O)c12. The maximum absolute atomic E-state index is 13.8. The maximum atomic E-state index is 13.8. The zero-order valence-corrected chi connectivity index (χ0v) is 23.6. The largest absolute Gasteiger partial charge is 0.379 e. The van der Waals surface area contributed by atoms with E-state index in [0.29, 0.717) is 22.8 Å². The summed E-state index contributed by atoms with van der Waals surface area (Å²) < 4.78 is 10.8. The molecule has 1 aromatic carbocycles. The molecule has 7 rings (SSSR count). The van der Waals surface area contributed by atoms with Crippen molar-refractivity contribution in [2.75, 3.05) is 38.2 Å². The van der Waals surface area contributed by atoms with E-state index in [2.05, 4.69) is 25.2 Å².